The molecule has 0 atom stereocenters. The van der Waals surface area contributed by atoms with Crippen molar-refractivity contribution in [1.82, 2.24) is 29.7 Å². The van der Waals surface area contributed by atoms with Crippen LogP contribution in [-0.2, 0) is 0 Å². The second-order valence-electron chi connectivity index (χ2n) is 4.30. The maximum atomic E-state index is 4.38. The summed E-state index contributed by atoms with van der Waals surface area (Å²) in [5.41, 5.74) is 0. The van der Waals surface area contributed by atoms with E-state index in [2.05, 4.69) is 30.4 Å². The van der Waals surface area contributed by atoms with Crippen molar-refractivity contribution >= 4 is 11.9 Å². The van der Waals surface area contributed by atoms with Crippen LogP contribution in [0.15, 0.2) is 0 Å². The molecule has 8 heteroatoms. The third-order valence-electron chi connectivity index (χ3n) is 2.41. The fourth-order valence-electron chi connectivity index (χ4n) is 1.60. The first kappa shape index (κ1) is 13.2. The van der Waals surface area contributed by atoms with Gasteiger partial charge >= 0.3 is 0 Å². The van der Waals surface area contributed by atoms with Crippen LogP contribution in [0.25, 0.3) is 5.95 Å². The molecule has 0 aromatic carbocycles. The predicted octanol–water partition coefficient (Wildman–Crippen LogP) is 0.567. The molecule has 0 bridgehead atoms. The predicted molar refractivity (Wildman–Crippen MR) is 72.7 cm³/mol. The Morgan fingerprint density at radius 1 is 1.11 bits per heavy atom. The van der Waals surface area contributed by atoms with Gasteiger partial charge in [-0.15, -0.1) is 5.10 Å². The molecule has 0 saturated carbocycles. The molecule has 0 fully saturated rings. The van der Waals surface area contributed by atoms with Crippen molar-refractivity contribution in [3.63, 3.8) is 0 Å². The van der Waals surface area contributed by atoms with Crippen molar-refractivity contribution < 1.29 is 0 Å². The minimum Gasteiger partial charge on any atom is -0.354 e. The van der Waals surface area contributed by atoms with Gasteiger partial charge in [0, 0.05) is 20.6 Å². The van der Waals surface area contributed by atoms with Crippen LogP contribution >= 0.6 is 0 Å². The molecule has 0 spiro atoms. The highest BCUT2D eigenvalue weighted by Crippen LogP contribution is 2.12. The van der Waals surface area contributed by atoms with Gasteiger partial charge in [0.25, 0.3) is 5.95 Å². The Hall–Kier alpha value is -2.25. The number of aryl methyl sites for hydroxylation is 2. The van der Waals surface area contributed by atoms with Gasteiger partial charge in [-0.05, 0) is 20.8 Å². The molecule has 0 unspecified atom stereocenters. The highest BCUT2D eigenvalue weighted by molar-refractivity contribution is 5.38. The van der Waals surface area contributed by atoms with E-state index in [0.29, 0.717) is 23.7 Å². The quantitative estimate of drug-likeness (QED) is 0.862. The van der Waals surface area contributed by atoms with Gasteiger partial charge in [0.1, 0.15) is 11.6 Å². The van der Waals surface area contributed by atoms with Crippen LogP contribution in [0.5, 0.6) is 0 Å². The third-order valence-corrected chi connectivity index (χ3v) is 2.41. The first-order chi connectivity index (χ1) is 9.01. The summed E-state index contributed by atoms with van der Waals surface area (Å²) in [5, 5.41) is 7.38. The monoisotopic (exact) mass is 262 g/mol. The molecule has 0 aliphatic rings. The summed E-state index contributed by atoms with van der Waals surface area (Å²) in [6, 6.07) is 0. The highest BCUT2D eigenvalue weighted by atomic mass is 15.4. The molecule has 0 radical (unpaired) electrons. The van der Waals surface area contributed by atoms with Crippen LogP contribution in [0.1, 0.15) is 18.6 Å². The molecule has 2 aromatic heterocycles. The maximum absolute atomic E-state index is 4.38. The van der Waals surface area contributed by atoms with E-state index in [9.17, 15) is 0 Å². The summed E-state index contributed by atoms with van der Waals surface area (Å²) < 4.78 is 1.62. The van der Waals surface area contributed by atoms with E-state index in [1.165, 1.54) is 0 Å². The van der Waals surface area contributed by atoms with Gasteiger partial charge in [-0.2, -0.15) is 19.6 Å². The van der Waals surface area contributed by atoms with Crippen molar-refractivity contribution in [2.75, 3.05) is 30.9 Å². The van der Waals surface area contributed by atoms with E-state index in [-0.39, 0.29) is 0 Å². The summed E-state index contributed by atoms with van der Waals surface area (Å²) >= 11 is 0. The largest absolute Gasteiger partial charge is 0.354 e. The van der Waals surface area contributed by atoms with Crippen molar-refractivity contribution in [3.05, 3.63) is 11.6 Å². The Labute approximate surface area is 111 Å². The van der Waals surface area contributed by atoms with Crippen molar-refractivity contribution in [2.24, 2.45) is 0 Å². The summed E-state index contributed by atoms with van der Waals surface area (Å²) in [5.74, 6) is 3.01. The van der Waals surface area contributed by atoms with E-state index in [1.54, 1.807) is 4.68 Å². The summed E-state index contributed by atoms with van der Waals surface area (Å²) in [7, 11) is 3.77. The zero-order valence-electron chi connectivity index (χ0n) is 11.8. The number of anilines is 2. The molecule has 2 heterocycles. The van der Waals surface area contributed by atoms with E-state index < -0.39 is 0 Å². The van der Waals surface area contributed by atoms with Crippen LogP contribution < -0.4 is 10.2 Å². The first-order valence-corrected chi connectivity index (χ1v) is 6.09. The van der Waals surface area contributed by atoms with Crippen LogP contribution in [0.4, 0.5) is 11.9 Å². The second-order valence-corrected chi connectivity index (χ2v) is 4.30. The molecule has 1 N–H and O–H groups in total. The minimum atomic E-state index is 0.466. The molecular weight excluding hydrogens is 244 g/mol. The number of rotatable bonds is 4. The number of aromatic nitrogens is 6. The molecule has 2 aromatic rings. The van der Waals surface area contributed by atoms with Crippen molar-refractivity contribution in [1.29, 1.82) is 0 Å². The average Bonchev–Trinajstić information content (AvgIpc) is 2.68. The van der Waals surface area contributed by atoms with Crippen molar-refractivity contribution in [3.8, 4) is 5.95 Å². The lowest BCUT2D eigenvalue weighted by Gasteiger charge is -2.13. The SMILES string of the molecule is CCNc1nc(N(C)C)nc(-n2nc(C)nc2C)n1. The Bertz CT molecular complexity index is 574. The van der Waals surface area contributed by atoms with Crippen LogP contribution in [0.3, 0.4) is 0 Å². The van der Waals surface area contributed by atoms with E-state index >= 15 is 0 Å². The van der Waals surface area contributed by atoms with E-state index in [0.717, 1.165) is 12.4 Å². The van der Waals surface area contributed by atoms with Gasteiger partial charge in [0.2, 0.25) is 11.9 Å². The lowest BCUT2D eigenvalue weighted by atomic mass is 10.6. The molecule has 102 valence electrons. The maximum Gasteiger partial charge on any atom is 0.258 e. The highest BCUT2D eigenvalue weighted by Gasteiger charge is 2.12. The van der Waals surface area contributed by atoms with Gasteiger partial charge in [-0.3, -0.25) is 0 Å². The van der Waals surface area contributed by atoms with E-state index in [1.807, 2.05) is 39.8 Å². The van der Waals surface area contributed by atoms with Crippen LogP contribution in [0, 0.1) is 13.8 Å². The average molecular weight is 262 g/mol. The standard InChI is InChI=1S/C11H18N8/c1-6-12-9-14-10(18(4)5)16-11(15-9)19-8(3)13-7(2)17-19/h6H2,1-5H3,(H,12,14,15,16). The smallest absolute Gasteiger partial charge is 0.258 e. The van der Waals surface area contributed by atoms with Gasteiger partial charge < -0.3 is 10.2 Å². The third kappa shape index (κ3) is 2.78. The number of hydrogen-bond donors (Lipinski definition) is 1. The van der Waals surface area contributed by atoms with Crippen molar-refractivity contribution in [2.45, 2.75) is 20.8 Å². The van der Waals surface area contributed by atoms with Gasteiger partial charge in [0.15, 0.2) is 0 Å². The Kier molecular flexibility index (Phi) is 3.59. The summed E-state index contributed by atoms with van der Waals surface area (Å²) in [6.07, 6.45) is 0. The van der Waals surface area contributed by atoms with E-state index in [4.69, 9.17) is 0 Å². The lowest BCUT2D eigenvalue weighted by Crippen LogP contribution is -2.18. The molecule has 0 amide bonds. The molecule has 0 aliphatic carbocycles. The lowest BCUT2D eigenvalue weighted by molar-refractivity contribution is 0.758. The zero-order chi connectivity index (χ0) is 14.0. The zero-order valence-corrected chi connectivity index (χ0v) is 11.8. The van der Waals surface area contributed by atoms with Gasteiger partial charge in [0.05, 0.1) is 0 Å². The molecular formula is C11H18N8. The Balaban J connectivity index is 2.52. The molecule has 8 nitrogen and oxygen atoms in total. The Morgan fingerprint density at radius 3 is 2.37 bits per heavy atom. The fraction of sp³-hybridized carbons (Fsp3) is 0.545. The Morgan fingerprint density at radius 2 is 1.84 bits per heavy atom. The normalized spacial score (nSPS) is 10.6. The second kappa shape index (κ2) is 5.17. The van der Waals surface area contributed by atoms with Gasteiger partial charge in [-0.25, -0.2) is 4.98 Å². The van der Waals surface area contributed by atoms with Crippen LogP contribution in [-0.4, -0.2) is 50.4 Å². The number of hydrogen-bond acceptors (Lipinski definition) is 7. The topological polar surface area (TPSA) is 84.7 Å². The minimum absolute atomic E-state index is 0.466. The molecule has 2 rings (SSSR count). The molecule has 19 heavy (non-hydrogen) atoms. The summed E-state index contributed by atoms with van der Waals surface area (Å²) in [6.45, 7) is 6.43. The molecule has 0 aliphatic heterocycles. The first-order valence-electron chi connectivity index (χ1n) is 6.09. The molecule has 0 saturated heterocycles. The number of nitrogens with zero attached hydrogens (tertiary/aromatic N) is 7. The fourth-order valence-corrected chi connectivity index (χ4v) is 1.60. The number of nitrogens with one attached hydrogen (secondary N) is 1. The van der Waals surface area contributed by atoms with Gasteiger partial charge in [-0.1, -0.05) is 0 Å². The summed E-state index contributed by atoms with van der Waals surface area (Å²) in [4.78, 5) is 19.1. The van der Waals surface area contributed by atoms with Crippen LogP contribution in [0.2, 0.25) is 0 Å².